The van der Waals surface area contributed by atoms with Crippen molar-refractivity contribution in [3.63, 3.8) is 0 Å². The van der Waals surface area contributed by atoms with E-state index in [1.165, 1.54) is 5.56 Å². The molecular weight excluding hydrogens is 284 g/mol. The van der Waals surface area contributed by atoms with E-state index in [9.17, 15) is 9.90 Å². The third kappa shape index (κ3) is 4.88. The maximum atomic E-state index is 11.9. The lowest BCUT2D eigenvalue weighted by Gasteiger charge is -2.08. The number of pyridine rings is 1. The minimum absolute atomic E-state index is 0.0719. The number of amides is 1. The summed E-state index contributed by atoms with van der Waals surface area (Å²) >= 11 is 1.65. The first-order chi connectivity index (χ1) is 10.2. The summed E-state index contributed by atoms with van der Waals surface area (Å²) in [6.45, 7) is 1.94. The van der Waals surface area contributed by atoms with Crippen molar-refractivity contribution >= 4 is 23.4 Å². The maximum absolute atomic E-state index is 11.9. The molecule has 5 heteroatoms. The van der Waals surface area contributed by atoms with E-state index in [4.69, 9.17) is 0 Å². The molecule has 2 N–H and O–H groups in total. The van der Waals surface area contributed by atoms with Gasteiger partial charge < -0.3 is 10.4 Å². The Morgan fingerprint density at radius 1 is 1.29 bits per heavy atom. The number of nitrogens with one attached hydrogen (secondary N) is 1. The summed E-state index contributed by atoms with van der Waals surface area (Å²) in [5.41, 5.74) is 2.47. The molecule has 0 aliphatic carbocycles. The first-order valence-corrected chi connectivity index (χ1v) is 7.70. The Labute approximate surface area is 128 Å². The van der Waals surface area contributed by atoms with Crippen LogP contribution in [0.2, 0.25) is 0 Å². The smallest absolute Gasteiger partial charge is 0.225 e. The number of hydrogen-bond acceptors (Lipinski definition) is 4. The molecule has 0 aliphatic heterocycles. The van der Waals surface area contributed by atoms with Crippen molar-refractivity contribution in [3.05, 3.63) is 53.9 Å². The van der Waals surface area contributed by atoms with Crippen molar-refractivity contribution < 1.29 is 9.90 Å². The lowest BCUT2D eigenvalue weighted by atomic mass is 10.2. The van der Waals surface area contributed by atoms with Gasteiger partial charge in [0.25, 0.3) is 0 Å². The van der Waals surface area contributed by atoms with Crippen molar-refractivity contribution in [3.8, 4) is 0 Å². The third-order valence-corrected chi connectivity index (χ3v) is 3.99. The number of carbonyl (C=O) groups excluding carboxylic acids is 1. The number of hydrogen-bond donors (Lipinski definition) is 2. The molecule has 21 heavy (non-hydrogen) atoms. The molecule has 1 amide bonds. The van der Waals surface area contributed by atoms with Crippen molar-refractivity contribution in [1.29, 1.82) is 0 Å². The lowest BCUT2D eigenvalue weighted by molar-refractivity contribution is -0.115. The molecule has 0 atom stereocenters. The highest BCUT2D eigenvalue weighted by molar-refractivity contribution is 7.99. The molecule has 2 aromatic rings. The van der Waals surface area contributed by atoms with E-state index in [1.54, 1.807) is 30.2 Å². The predicted molar refractivity (Wildman–Crippen MR) is 85.3 cm³/mol. The molecular formula is C16H18N2O2S. The van der Waals surface area contributed by atoms with Crippen LogP contribution in [0.3, 0.4) is 0 Å². The molecule has 0 aliphatic rings. The molecule has 2 rings (SSSR count). The van der Waals surface area contributed by atoms with Crippen LogP contribution in [0.15, 0.2) is 47.6 Å². The zero-order valence-corrected chi connectivity index (χ0v) is 12.7. The van der Waals surface area contributed by atoms with Gasteiger partial charge >= 0.3 is 0 Å². The molecule has 0 fully saturated rings. The minimum Gasteiger partial charge on any atom is -0.392 e. The van der Waals surface area contributed by atoms with Gasteiger partial charge in [0.1, 0.15) is 0 Å². The van der Waals surface area contributed by atoms with Gasteiger partial charge in [0, 0.05) is 28.8 Å². The fraction of sp³-hybridized carbons (Fsp3) is 0.250. The zero-order valence-electron chi connectivity index (χ0n) is 11.9. The molecule has 1 aromatic heterocycles. The Balaban J connectivity index is 1.81. The number of carbonyl (C=O) groups is 1. The van der Waals surface area contributed by atoms with Crippen LogP contribution in [0.4, 0.5) is 5.69 Å². The number of nitrogens with zero attached hydrogens (tertiary/aromatic N) is 1. The van der Waals surface area contributed by atoms with Crippen LogP contribution in [0, 0.1) is 6.92 Å². The lowest BCUT2D eigenvalue weighted by Crippen LogP contribution is -2.13. The average Bonchev–Trinajstić information content (AvgIpc) is 2.50. The van der Waals surface area contributed by atoms with Gasteiger partial charge in [-0.25, -0.2) is 0 Å². The predicted octanol–water partition coefficient (Wildman–Crippen LogP) is 3.00. The largest absolute Gasteiger partial charge is 0.392 e. The van der Waals surface area contributed by atoms with E-state index < -0.39 is 0 Å². The van der Waals surface area contributed by atoms with E-state index >= 15 is 0 Å². The fourth-order valence-corrected chi connectivity index (χ4v) is 2.63. The molecule has 1 heterocycles. The second-order valence-electron chi connectivity index (χ2n) is 4.65. The molecule has 0 saturated heterocycles. The van der Waals surface area contributed by atoms with Crippen molar-refractivity contribution in [2.75, 3.05) is 11.1 Å². The van der Waals surface area contributed by atoms with Gasteiger partial charge in [-0.15, -0.1) is 11.8 Å². The van der Waals surface area contributed by atoms with Gasteiger partial charge in [-0.2, -0.15) is 0 Å². The number of thioether (sulfide) groups is 1. The highest BCUT2D eigenvalue weighted by atomic mass is 32.2. The summed E-state index contributed by atoms with van der Waals surface area (Å²) in [5, 5.41) is 12.0. The van der Waals surface area contributed by atoms with Crippen LogP contribution in [-0.4, -0.2) is 21.8 Å². The SMILES string of the molecule is Cc1ccc(SCCC(=O)Nc2cnccc2CO)cc1. The molecule has 0 bridgehead atoms. The Morgan fingerprint density at radius 3 is 2.76 bits per heavy atom. The first kappa shape index (κ1) is 15.5. The number of aryl methyl sites for hydroxylation is 1. The number of aliphatic hydroxyl groups excluding tert-OH is 1. The van der Waals surface area contributed by atoms with Crippen molar-refractivity contribution in [2.45, 2.75) is 24.8 Å². The van der Waals surface area contributed by atoms with Crippen LogP contribution in [0.1, 0.15) is 17.5 Å². The van der Waals surface area contributed by atoms with Gasteiger partial charge in [0.2, 0.25) is 5.91 Å². The number of benzene rings is 1. The molecule has 0 spiro atoms. The highest BCUT2D eigenvalue weighted by Gasteiger charge is 2.06. The van der Waals surface area contributed by atoms with Crippen LogP contribution < -0.4 is 5.32 Å². The Bertz CT molecular complexity index is 599. The van der Waals surface area contributed by atoms with E-state index in [0.717, 1.165) is 4.90 Å². The first-order valence-electron chi connectivity index (χ1n) is 6.72. The van der Waals surface area contributed by atoms with Crippen molar-refractivity contribution in [2.24, 2.45) is 0 Å². The zero-order chi connectivity index (χ0) is 15.1. The van der Waals surface area contributed by atoms with Crippen LogP contribution in [-0.2, 0) is 11.4 Å². The average molecular weight is 302 g/mol. The normalized spacial score (nSPS) is 10.4. The standard InChI is InChI=1S/C16H18N2O2S/c1-12-2-4-14(5-3-12)21-9-7-16(20)18-15-10-17-8-6-13(15)11-19/h2-6,8,10,19H,7,9,11H2,1H3,(H,18,20). The van der Waals surface area contributed by atoms with Crippen LogP contribution >= 0.6 is 11.8 Å². The summed E-state index contributed by atoms with van der Waals surface area (Å²) in [6.07, 6.45) is 3.56. The van der Waals surface area contributed by atoms with Crippen molar-refractivity contribution in [1.82, 2.24) is 4.98 Å². The summed E-state index contributed by atoms with van der Waals surface area (Å²) in [4.78, 5) is 17.0. The summed E-state index contributed by atoms with van der Waals surface area (Å²) in [7, 11) is 0. The fourth-order valence-electron chi connectivity index (χ4n) is 1.78. The van der Waals surface area contributed by atoms with Gasteiger partial charge in [0.05, 0.1) is 18.5 Å². The van der Waals surface area contributed by atoms with E-state index in [2.05, 4.69) is 41.5 Å². The number of rotatable bonds is 6. The topological polar surface area (TPSA) is 62.2 Å². The molecule has 0 unspecified atom stereocenters. The number of aromatic nitrogens is 1. The molecule has 4 nitrogen and oxygen atoms in total. The van der Waals surface area contributed by atoms with Crippen LogP contribution in [0.25, 0.3) is 0 Å². The molecule has 0 saturated carbocycles. The van der Waals surface area contributed by atoms with Gasteiger partial charge in [-0.1, -0.05) is 17.7 Å². The van der Waals surface area contributed by atoms with Gasteiger partial charge in [-0.05, 0) is 25.1 Å². The number of aliphatic hydroxyl groups is 1. The molecule has 1 aromatic carbocycles. The third-order valence-electron chi connectivity index (χ3n) is 2.97. The summed E-state index contributed by atoms with van der Waals surface area (Å²) in [5.74, 6) is 0.640. The molecule has 0 radical (unpaired) electrons. The summed E-state index contributed by atoms with van der Waals surface area (Å²) in [6, 6.07) is 9.93. The monoisotopic (exact) mass is 302 g/mol. The summed E-state index contributed by atoms with van der Waals surface area (Å²) < 4.78 is 0. The minimum atomic E-state index is -0.115. The quantitative estimate of drug-likeness (QED) is 0.805. The van der Waals surface area contributed by atoms with E-state index in [1.807, 2.05) is 0 Å². The molecule has 110 valence electrons. The highest BCUT2D eigenvalue weighted by Crippen LogP contribution is 2.19. The maximum Gasteiger partial charge on any atom is 0.225 e. The van der Waals surface area contributed by atoms with Crippen LogP contribution in [0.5, 0.6) is 0 Å². The number of anilines is 1. The second-order valence-corrected chi connectivity index (χ2v) is 5.82. The van der Waals surface area contributed by atoms with E-state index in [-0.39, 0.29) is 12.5 Å². The van der Waals surface area contributed by atoms with Gasteiger partial charge in [0.15, 0.2) is 0 Å². The second kappa shape index (κ2) is 7.81. The Hall–Kier alpha value is -1.85. The Morgan fingerprint density at radius 2 is 2.05 bits per heavy atom. The Kier molecular flexibility index (Phi) is 5.78. The van der Waals surface area contributed by atoms with E-state index in [0.29, 0.717) is 23.4 Å². The van der Waals surface area contributed by atoms with Gasteiger partial charge in [-0.3, -0.25) is 9.78 Å².